The van der Waals surface area contributed by atoms with E-state index >= 15 is 0 Å². The van der Waals surface area contributed by atoms with E-state index < -0.39 is 95.2 Å². The number of rotatable bonds is 10. The summed E-state index contributed by atoms with van der Waals surface area (Å²) >= 11 is 0. The van der Waals surface area contributed by atoms with Crippen molar-refractivity contribution in [3.8, 4) is 0 Å². The Morgan fingerprint density at radius 2 is 1.31 bits per heavy atom. The lowest BCUT2D eigenvalue weighted by Gasteiger charge is -2.59. The fourth-order valence-corrected chi connectivity index (χ4v) is 9.13. The van der Waals surface area contributed by atoms with Gasteiger partial charge in [0.25, 0.3) is 0 Å². The van der Waals surface area contributed by atoms with Gasteiger partial charge in [-0.15, -0.1) is 0 Å². The average Bonchev–Trinajstić information content (AvgIpc) is 3.04. The third kappa shape index (κ3) is 8.56. The lowest BCUT2D eigenvalue weighted by atomic mass is 9.49. The smallest absolute Gasteiger partial charge is 0.350 e. The molecule has 0 aromatic heterocycles. The molecule has 0 radical (unpaired) electrons. The molecule has 0 heterocycles. The number of hydrogen-bond acceptors (Lipinski definition) is 13. The van der Waals surface area contributed by atoms with Gasteiger partial charge in [-0.1, -0.05) is 57.7 Å². The predicted molar refractivity (Wildman–Crippen MR) is 195 cm³/mol. The van der Waals surface area contributed by atoms with Gasteiger partial charge in [-0.25, -0.2) is 4.79 Å². The molecule has 54 heavy (non-hydrogen) atoms. The monoisotopic (exact) mass is 753 g/mol. The highest BCUT2D eigenvalue weighted by Gasteiger charge is 2.64. The zero-order valence-electron chi connectivity index (χ0n) is 33.3. The largest absolute Gasteiger partial charge is 0.462 e. The fourth-order valence-electron chi connectivity index (χ4n) is 9.13. The highest BCUT2D eigenvalue weighted by atomic mass is 16.6. The first-order chi connectivity index (χ1) is 25.1. The summed E-state index contributed by atoms with van der Waals surface area (Å²) in [5.74, 6) is -4.87. The van der Waals surface area contributed by atoms with Crippen LogP contribution in [0.2, 0.25) is 0 Å². The number of likely N-dealkylation sites (N-methyl/N-ethyl adjacent to an activating group) is 1. The molecule has 0 N–H and O–H groups in total. The van der Waals surface area contributed by atoms with Gasteiger partial charge in [-0.3, -0.25) is 28.9 Å². The van der Waals surface area contributed by atoms with E-state index in [2.05, 4.69) is 6.58 Å². The van der Waals surface area contributed by atoms with Gasteiger partial charge in [0, 0.05) is 41.0 Å². The molecule has 3 aliphatic carbocycles. The molecule has 0 spiro atoms. The number of benzene rings is 1. The van der Waals surface area contributed by atoms with Crippen LogP contribution in [0.3, 0.4) is 0 Å². The number of carbonyl (C=O) groups is 6. The number of fused-ring (bicyclic) bond motifs is 3. The Bertz CT molecular complexity index is 1680. The van der Waals surface area contributed by atoms with Crippen molar-refractivity contribution < 1.29 is 57.2 Å². The maximum atomic E-state index is 14.3. The van der Waals surface area contributed by atoms with Gasteiger partial charge in [0.05, 0.1) is 11.5 Å². The van der Waals surface area contributed by atoms with Crippen molar-refractivity contribution in [1.29, 1.82) is 0 Å². The van der Waals surface area contributed by atoms with Gasteiger partial charge in [-0.05, 0) is 73.4 Å². The lowest BCUT2D eigenvalue weighted by Crippen LogP contribution is -2.64. The summed E-state index contributed by atoms with van der Waals surface area (Å²) in [4.78, 5) is 79.6. The van der Waals surface area contributed by atoms with Gasteiger partial charge in [-0.2, -0.15) is 0 Å². The van der Waals surface area contributed by atoms with Gasteiger partial charge in [0.1, 0.15) is 18.3 Å². The van der Waals surface area contributed by atoms with E-state index in [0.717, 1.165) is 0 Å². The maximum Gasteiger partial charge on any atom is 0.350 e. The van der Waals surface area contributed by atoms with Crippen molar-refractivity contribution in [2.75, 3.05) is 14.1 Å². The first-order valence-corrected chi connectivity index (χ1v) is 18.3. The van der Waals surface area contributed by atoms with Crippen molar-refractivity contribution in [3.63, 3.8) is 0 Å². The molecule has 3 aliphatic rings. The molecule has 13 nitrogen and oxygen atoms in total. The van der Waals surface area contributed by atoms with Crippen LogP contribution in [0.4, 0.5) is 0 Å². The Labute approximate surface area is 317 Å². The molecule has 0 amide bonds. The standard InChI is InChI=1S/C41H55NO12/c1-21-30-18-29-19-31(49-23(3)43)22(2)34(40(29,8)9)36(51-25(5)45)38(53-27(7)47)41(30,10)33(50-24(4)44)20-32(21)54-39(48)37(52-26(6)46)35(42(11)12)28-16-14-13-15-17-28/h13-17,29-33,35-38H,1,18-20H2,2-12H3/t29-,30+,31-,32-,33-,35+,36+,37+,38-,41+/m0/s1. The van der Waals surface area contributed by atoms with Crippen molar-refractivity contribution in [2.24, 2.45) is 22.7 Å². The fraction of sp³-hybridized carbons (Fsp3) is 0.610. The van der Waals surface area contributed by atoms with Crippen LogP contribution in [0, 0.1) is 22.7 Å². The Morgan fingerprint density at radius 1 is 0.741 bits per heavy atom. The summed E-state index contributed by atoms with van der Waals surface area (Å²) in [6.07, 6.45) is -5.89. The van der Waals surface area contributed by atoms with Crippen molar-refractivity contribution in [2.45, 2.75) is 124 Å². The molecule has 10 atom stereocenters. The molecule has 2 fully saturated rings. The van der Waals surface area contributed by atoms with Crippen LogP contribution >= 0.6 is 0 Å². The van der Waals surface area contributed by atoms with Crippen LogP contribution in [0.1, 0.15) is 93.2 Å². The summed E-state index contributed by atoms with van der Waals surface area (Å²) in [6, 6.07) is 8.38. The molecule has 0 aliphatic heterocycles. The summed E-state index contributed by atoms with van der Waals surface area (Å²) in [6.45, 7) is 18.4. The number of nitrogens with zero attached hydrogens (tertiary/aromatic N) is 1. The molecule has 13 heteroatoms. The molecule has 1 aromatic carbocycles. The van der Waals surface area contributed by atoms with Crippen LogP contribution in [0.15, 0.2) is 53.6 Å². The Balaban J connectivity index is 1.91. The predicted octanol–water partition coefficient (Wildman–Crippen LogP) is 5.21. The molecule has 2 saturated carbocycles. The minimum absolute atomic E-state index is 0.0887. The van der Waals surface area contributed by atoms with Crippen LogP contribution < -0.4 is 0 Å². The number of esters is 6. The maximum absolute atomic E-state index is 14.3. The Kier molecular flexibility index (Phi) is 12.9. The van der Waals surface area contributed by atoms with Crippen LogP contribution in [-0.4, -0.2) is 91.4 Å². The van der Waals surface area contributed by atoms with E-state index in [1.165, 1.54) is 34.6 Å². The third-order valence-electron chi connectivity index (χ3n) is 11.5. The van der Waals surface area contributed by atoms with Crippen LogP contribution in [-0.2, 0) is 57.2 Å². The Hall–Kier alpha value is -4.52. The molecular weight excluding hydrogens is 698 g/mol. The highest BCUT2D eigenvalue weighted by Crippen LogP contribution is 2.61. The number of hydrogen-bond donors (Lipinski definition) is 0. The van der Waals surface area contributed by atoms with Gasteiger partial charge in [0.2, 0.25) is 6.10 Å². The van der Waals surface area contributed by atoms with Crippen molar-refractivity contribution >= 4 is 35.8 Å². The molecule has 1 aromatic rings. The van der Waals surface area contributed by atoms with Crippen LogP contribution in [0.5, 0.6) is 0 Å². The molecular formula is C41H55NO12. The van der Waals surface area contributed by atoms with Gasteiger partial charge >= 0.3 is 35.8 Å². The number of ether oxygens (including phenoxy) is 6. The van der Waals surface area contributed by atoms with E-state index in [1.807, 2.05) is 58.0 Å². The molecule has 2 bridgehead atoms. The minimum atomic E-state index is -1.38. The first kappa shape index (κ1) is 42.2. The van der Waals surface area contributed by atoms with Crippen molar-refractivity contribution in [3.05, 3.63) is 59.2 Å². The lowest BCUT2D eigenvalue weighted by molar-refractivity contribution is -0.214. The summed E-state index contributed by atoms with van der Waals surface area (Å²) in [7, 11) is 3.51. The zero-order valence-corrected chi connectivity index (χ0v) is 33.3. The van der Waals surface area contributed by atoms with E-state index in [0.29, 0.717) is 35.1 Å². The summed E-state index contributed by atoms with van der Waals surface area (Å²) in [5, 5.41) is 0. The normalized spacial score (nSPS) is 30.0. The second-order valence-corrected chi connectivity index (χ2v) is 15.7. The minimum Gasteiger partial charge on any atom is -0.462 e. The SMILES string of the molecule is C=C1[C@@H](OC(=O)[C@H](OC(C)=O)[C@@H](c2ccccc2)N(C)C)C[C@H](OC(C)=O)[C@@]2(C)[C@@H]1C[C@H]1C[C@H](OC(C)=O)C(C)=C([C@@H](OC(C)=O)[C@@H]2OC(C)=O)C1(C)C. The first-order valence-electron chi connectivity index (χ1n) is 18.3. The average molecular weight is 754 g/mol. The van der Waals surface area contributed by atoms with E-state index in [-0.39, 0.29) is 12.3 Å². The quantitative estimate of drug-likeness (QED) is 0.174. The van der Waals surface area contributed by atoms with Gasteiger partial charge < -0.3 is 28.4 Å². The van der Waals surface area contributed by atoms with Crippen molar-refractivity contribution in [1.82, 2.24) is 4.90 Å². The summed E-state index contributed by atoms with van der Waals surface area (Å²) < 4.78 is 36.1. The number of carbonyl (C=O) groups excluding carboxylic acids is 6. The second-order valence-electron chi connectivity index (χ2n) is 15.7. The molecule has 0 unspecified atom stereocenters. The third-order valence-corrected chi connectivity index (χ3v) is 11.5. The highest BCUT2D eigenvalue weighted by molar-refractivity contribution is 5.80. The molecule has 4 rings (SSSR count). The topological polar surface area (TPSA) is 161 Å². The van der Waals surface area contributed by atoms with E-state index in [9.17, 15) is 28.8 Å². The second kappa shape index (κ2) is 16.5. The molecule has 0 saturated heterocycles. The zero-order chi connectivity index (χ0) is 40.4. The Morgan fingerprint density at radius 3 is 1.83 bits per heavy atom. The van der Waals surface area contributed by atoms with Crippen LogP contribution in [0.25, 0.3) is 0 Å². The summed E-state index contributed by atoms with van der Waals surface area (Å²) in [5.41, 5.74) is 0.499. The molecule has 296 valence electrons. The van der Waals surface area contributed by atoms with Gasteiger partial charge in [0.15, 0.2) is 12.2 Å². The van der Waals surface area contributed by atoms with E-state index in [1.54, 1.807) is 19.0 Å². The van der Waals surface area contributed by atoms with E-state index in [4.69, 9.17) is 28.4 Å².